The smallest absolute Gasteiger partial charge is 0.261 e. The number of halogens is 2. The minimum Gasteiger partial charge on any atom is -0.320 e. The van der Waals surface area contributed by atoms with Gasteiger partial charge in [-0.2, -0.15) is 5.26 Å². The third-order valence-electron chi connectivity index (χ3n) is 4.06. The van der Waals surface area contributed by atoms with Crippen molar-refractivity contribution in [3.63, 3.8) is 0 Å². The SMILES string of the molecule is N#Cc1cccc(C=C(C(=O)Nc2ccccc2Cl)C(=O)Nc2ccccc2Cl)c1. The van der Waals surface area contributed by atoms with Crippen molar-refractivity contribution < 1.29 is 9.59 Å². The van der Waals surface area contributed by atoms with Crippen molar-refractivity contribution >= 4 is 52.5 Å². The van der Waals surface area contributed by atoms with Crippen molar-refractivity contribution in [1.29, 1.82) is 5.26 Å². The van der Waals surface area contributed by atoms with Gasteiger partial charge in [-0.05, 0) is 48.0 Å². The van der Waals surface area contributed by atoms with Gasteiger partial charge >= 0.3 is 0 Å². The molecule has 0 saturated carbocycles. The van der Waals surface area contributed by atoms with Crippen LogP contribution in [0.3, 0.4) is 0 Å². The summed E-state index contributed by atoms with van der Waals surface area (Å²) in [6.45, 7) is 0. The Morgan fingerprint density at radius 2 is 1.33 bits per heavy atom. The van der Waals surface area contributed by atoms with E-state index >= 15 is 0 Å². The van der Waals surface area contributed by atoms with Gasteiger partial charge in [0.05, 0.1) is 33.1 Å². The van der Waals surface area contributed by atoms with Crippen LogP contribution in [0.2, 0.25) is 10.0 Å². The molecule has 0 spiro atoms. The molecule has 3 aromatic rings. The lowest BCUT2D eigenvalue weighted by Gasteiger charge is -2.12. The molecule has 2 N–H and O–H groups in total. The summed E-state index contributed by atoms with van der Waals surface area (Å²) in [4.78, 5) is 25.9. The molecular weight excluding hydrogens is 421 g/mol. The average Bonchev–Trinajstić information content (AvgIpc) is 2.75. The molecule has 0 bridgehead atoms. The van der Waals surface area contributed by atoms with E-state index in [-0.39, 0.29) is 5.57 Å². The number of hydrogen-bond donors (Lipinski definition) is 2. The molecule has 3 aromatic carbocycles. The van der Waals surface area contributed by atoms with Gasteiger partial charge in [0.1, 0.15) is 5.57 Å². The summed E-state index contributed by atoms with van der Waals surface area (Å²) in [6, 6.07) is 22.0. The summed E-state index contributed by atoms with van der Waals surface area (Å²) < 4.78 is 0. The predicted molar refractivity (Wildman–Crippen MR) is 119 cm³/mol. The quantitative estimate of drug-likeness (QED) is 0.314. The summed E-state index contributed by atoms with van der Waals surface area (Å²) in [5.41, 5.74) is 1.48. The molecule has 0 fully saturated rings. The van der Waals surface area contributed by atoms with E-state index in [0.717, 1.165) is 0 Å². The molecule has 0 saturated heterocycles. The van der Waals surface area contributed by atoms with Crippen molar-refractivity contribution in [2.45, 2.75) is 0 Å². The number of anilines is 2. The Balaban J connectivity index is 1.97. The van der Waals surface area contributed by atoms with Crippen LogP contribution in [0.5, 0.6) is 0 Å². The molecule has 148 valence electrons. The lowest BCUT2D eigenvalue weighted by Crippen LogP contribution is -2.25. The summed E-state index contributed by atoms with van der Waals surface area (Å²) in [5, 5.41) is 15.1. The molecule has 0 radical (unpaired) electrons. The molecule has 5 nitrogen and oxygen atoms in total. The number of nitriles is 1. The molecule has 2 amide bonds. The van der Waals surface area contributed by atoms with Crippen molar-refractivity contribution in [2.75, 3.05) is 10.6 Å². The number of carbonyl (C=O) groups excluding carboxylic acids is 2. The number of rotatable bonds is 5. The minimum absolute atomic E-state index is 0.176. The van der Waals surface area contributed by atoms with Crippen LogP contribution >= 0.6 is 23.2 Å². The van der Waals surface area contributed by atoms with Crippen LogP contribution in [0.4, 0.5) is 11.4 Å². The lowest BCUT2D eigenvalue weighted by atomic mass is 10.1. The topological polar surface area (TPSA) is 82.0 Å². The summed E-state index contributed by atoms with van der Waals surface area (Å²) in [6.07, 6.45) is 1.40. The molecule has 30 heavy (non-hydrogen) atoms. The largest absolute Gasteiger partial charge is 0.320 e. The van der Waals surface area contributed by atoms with Gasteiger partial charge in [0, 0.05) is 0 Å². The van der Waals surface area contributed by atoms with Crippen LogP contribution < -0.4 is 10.6 Å². The van der Waals surface area contributed by atoms with Crippen LogP contribution in [0.25, 0.3) is 6.08 Å². The Morgan fingerprint density at radius 1 is 0.800 bits per heavy atom. The maximum absolute atomic E-state index is 12.9. The number of carbonyl (C=O) groups is 2. The Bertz CT molecular complexity index is 1120. The zero-order valence-electron chi connectivity index (χ0n) is 15.5. The first kappa shape index (κ1) is 21.1. The normalized spacial score (nSPS) is 9.90. The van der Waals surface area contributed by atoms with Crippen LogP contribution in [0.1, 0.15) is 11.1 Å². The standard InChI is InChI=1S/C23H15Cl2N3O2/c24-18-8-1-3-10-20(18)27-22(29)17(13-15-6-5-7-16(12-15)14-26)23(30)28-21-11-4-2-9-19(21)25/h1-13H,(H,27,29)(H,28,30). The number of amides is 2. The lowest BCUT2D eigenvalue weighted by molar-refractivity contribution is -0.118. The van der Waals surface area contributed by atoms with Crippen LogP contribution in [-0.4, -0.2) is 11.8 Å². The number of nitrogens with zero attached hydrogens (tertiary/aromatic N) is 1. The van der Waals surface area contributed by atoms with Crippen LogP contribution in [0, 0.1) is 11.3 Å². The number of benzene rings is 3. The number of hydrogen-bond acceptors (Lipinski definition) is 3. The molecule has 0 aliphatic rings. The Labute approximate surface area is 183 Å². The maximum atomic E-state index is 12.9. The van der Waals surface area contributed by atoms with Crippen molar-refractivity contribution in [2.24, 2.45) is 0 Å². The number of nitrogens with one attached hydrogen (secondary N) is 2. The minimum atomic E-state index is -0.657. The highest BCUT2D eigenvalue weighted by Gasteiger charge is 2.20. The highest BCUT2D eigenvalue weighted by Crippen LogP contribution is 2.24. The molecule has 3 rings (SSSR count). The van der Waals surface area contributed by atoms with Gasteiger partial charge < -0.3 is 10.6 Å². The van der Waals surface area contributed by atoms with Crippen LogP contribution in [-0.2, 0) is 9.59 Å². The van der Waals surface area contributed by atoms with Gasteiger partial charge in [0.2, 0.25) is 0 Å². The van der Waals surface area contributed by atoms with E-state index in [9.17, 15) is 9.59 Å². The fourth-order valence-corrected chi connectivity index (χ4v) is 2.97. The molecule has 0 aliphatic heterocycles. The first-order valence-corrected chi connectivity index (χ1v) is 9.57. The second kappa shape index (κ2) is 9.75. The second-order valence-corrected chi connectivity index (χ2v) is 6.98. The van der Waals surface area contributed by atoms with E-state index in [4.69, 9.17) is 28.5 Å². The summed E-state index contributed by atoms with van der Waals surface area (Å²) >= 11 is 12.2. The zero-order chi connectivity index (χ0) is 21.5. The molecule has 0 aromatic heterocycles. The molecule has 0 heterocycles. The maximum Gasteiger partial charge on any atom is 0.261 e. The summed E-state index contributed by atoms with van der Waals surface area (Å²) in [5.74, 6) is -1.31. The van der Waals surface area contributed by atoms with E-state index < -0.39 is 11.8 Å². The highest BCUT2D eigenvalue weighted by atomic mass is 35.5. The van der Waals surface area contributed by atoms with Gasteiger partial charge in [-0.15, -0.1) is 0 Å². The van der Waals surface area contributed by atoms with Gasteiger partial charge in [-0.1, -0.05) is 59.6 Å². The molecule has 0 atom stereocenters. The number of para-hydroxylation sites is 2. The van der Waals surface area contributed by atoms with Gasteiger partial charge in [-0.3, -0.25) is 9.59 Å². The van der Waals surface area contributed by atoms with Crippen LogP contribution in [0.15, 0.2) is 78.4 Å². The average molecular weight is 436 g/mol. The van der Waals surface area contributed by atoms with Crippen molar-refractivity contribution in [3.8, 4) is 6.07 Å². The summed E-state index contributed by atoms with van der Waals surface area (Å²) in [7, 11) is 0. The Morgan fingerprint density at radius 3 is 1.83 bits per heavy atom. The van der Waals surface area contributed by atoms with Crippen molar-refractivity contribution in [1.82, 2.24) is 0 Å². The van der Waals surface area contributed by atoms with E-state index in [2.05, 4.69) is 10.6 Å². The fourth-order valence-electron chi connectivity index (χ4n) is 2.60. The molecule has 0 unspecified atom stereocenters. The molecule has 0 aliphatic carbocycles. The zero-order valence-corrected chi connectivity index (χ0v) is 17.0. The Hall–Kier alpha value is -3.59. The molecular formula is C23H15Cl2N3O2. The second-order valence-electron chi connectivity index (χ2n) is 6.16. The van der Waals surface area contributed by atoms with Crippen molar-refractivity contribution in [3.05, 3.63) is 99.5 Å². The van der Waals surface area contributed by atoms with E-state index in [1.807, 2.05) is 6.07 Å². The van der Waals surface area contributed by atoms with Gasteiger partial charge in [0.15, 0.2) is 0 Å². The third kappa shape index (κ3) is 5.26. The fraction of sp³-hybridized carbons (Fsp3) is 0. The first-order chi connectivity index (χ1) is 14.5. The van der Waals surface area contributed by atoms with Gasteiger partial charge in [0.25, 0.3) is 11.8 Å². The van der Waals surface area contributed by atoms with E-state index in [1.54, 1.807) is 72.8 Å². The highest BCUT2D eigenvalue weighted by molar-refractivity contribution is 6.36. The predicted octanol–water partition coefficient (Wildman–Crippen LogP) is 5.53. The third-order valence-corrected chi connectivity index (χ3v) is 4.72. The molecule has 7 heteroatoms. The Kier molecular flexibility index (Phi) is 6.87. The monoisotopic (exact) mass is 435 g/mol. The first-order valence-electron chi connectivity index (χ1n) is 8.81. The van der Waals surface area contributed by atoms with E-state index in [1.165, 1.54) is 6.08 Å². The van der Waals surface area contributed by atoms with E-state index in [0.29, 0.717) is 32.5 Å². The van der Waals surface area contributed by atoms with Gasteiger partial charge in [-0.25, -0.2) is 0 Å².